The molecule has 2 rings (SSSR count). The highest BCUT2D eigenvalue weighted by atomic mass is 19.4. The fourth-order valence-corrected chi connectivity index (χ4v) is 2.06. The normalized spacial score (nSPS) is 12.4. The molecule has 0 heterocycles. The minimum atomic E-state index is -4.48. The summed E-state index contributed by atoms with van der Waals surface area (Å²) >= 11 is 0. The first-order valence-electron chi connectivity index (χ1n) is 7.20. The largest absolute Gasteiger partial charge is 0.416 e. The van der Waals surface area contributed by atoms with E-state index in [1.54, 1.807) is 12.1 Å². The van der Waals surface area contributed by atoms with Crippen molar-refractivity contribution in [1.82, 2.24) is 0 Å². The molecule has 0 aliphatic rings. The van der Waals surface area contributed by atoms with Crippen LogP contribution < -0.4 is 10.6 Å². The molecule has 2 aromatic carbocycles. The van der Waals surface area contributed by atoms with Gasteiger partial charge in [-0.2, -0.15) is 13.2 Å². The van der Waals surface area contributed by atoms with Gasteiger partial charge in [-0.25, -0.2) is 0 Å². The van der Waals surface area contributed by atoms with Crippen molar-refractivity contribution in [3.05, 3.63) is 59.7 Å². The Labute approximate surface area is 141 Å². The minimum Gasteiger partial charge on any atom is -0.378 e. The average molecular weight is 352 g/mol. The van der Waals surface area contributed by atoms with Crippen LogP contribution in [0.1, 0.15) is 24.2 Å². The Morgan fingerprint density at radius 3 is 1.84 bits per heavy atom. The Morgan fingerprint density at radius 2 is 1.40 bits per heavy atom. The molecule has 132 valence electrons. The molecule has 0 fully saturated rings. The van der Waals surface area contributed by atoms with Gasteiger partial charge in [-0.1, -0.05) is 12.1 Å². The second-order valence-electron chi connectivity index (χ2n) is 5.27. The number of hydrogen-bond donors (Lipinski definition) is 3. The number of aliphatic hydroxyl groups is 1. The Hall–Kier alpha value is -2.87. The molecule has 1 atom stereocenters. The summed E-state index contributed by atoms with van der Waals surface area (Å²) in [6.07, 6.45) is -6.10. The lowest BCUT2D eigenvalue weighted by molar-refractivity contribution is -0.137. The summed E-state index contributed by atoms with van der Waals surface area (Å²) in [5, 5.41) is 15.0. The standard InChI is InChI=1S/C17H15F3N2O3/c1-10(23)21-13-6-8-14(9-7-13)22-16(25)15(24)11-2-4-12(5-3-11)17(18,19)20/h2-9,15,24H,1H3,(H,21,23)(H,22,25). The highest BCUT2D eigenvalue weighted by Crippen LogP contribution is 2.30. The van der Waals surface area contributed by atoms with Crippen molar-refractivity contribution in [2.45, 2.75) is 19.2 Å². The second kappa shape index (κ2) is 7.35. The van der Waals surface area contributed by atoms with E-state index in [0.717, 1.165) is 24.3 Å². The molecule has 2 aromatic rings. The van der Waals surface area contributed by atoms with E-state index in [-0.39, 0.29) is 11.5 Å². The number of amides is 2. The molecule has 0 aliphatic heterocycles. The van der Waals surface area contributed by atoms with Crippen LogP contribution in [0.4, 0.5) is 24.5 Å². The van der Waals surface area contributed by atoms with E-state index in [1.807, 2.05) is 0 Å². The molecule has 3 N–H and O–H groups in total. The Kier molecular flexibility index (Phi) is 5.43. The number of carbonyl (C=O) groups is 2. The lowest BCUT2D eigenvalue weighted by Gasteiger charge is -2.13. The van der Waals surface area contributed by atoms with Gasteiger partial charge in [0.05, 0.1) is 5.56 Å². The summed E-state index contributed by atoms with van der Waals surface area (Å²) in [7, 11) is 0. The Bertz CT molecular complexity index is 756. The molecule has 0 saturated carbocycles. The zero-order chi connectivity index (χ0) is 18.6. The van der Waals surface area contributed by atoms with Gasteiger partial charge in [-0.05, 0) is 42.0 Å². The van der Waals surface area contributed by atoms with E-state index >= 15 is 0 Å². The first-order valence-corrected chi connectivity index (χ1v) is 7.20. The molecule has 0 aromatic heterocycles. The first kappa shape index (κ1) is 18.5. The molecule has 5 nitrogen and oxygen atoms in total. The maximum Gasteiger partial charge on any atom is 0.416 e. The van der Waals surface area contributed by atoms with E-state index in [1.165, 1.54) is 19.1 Å². The van der Waals surface area contributed by atoms with Crippen LogP contribution in [0.5, 0.6) is 0 Å². The SMILES string of the molecule is CC(=O)Nc1ccc(NC(=O)C(O)c2ccc(C(F)(F)F)cc2)cc1. The summed E-state index contributed by atoms with van der Waals surface area (Å²) in [6.45, 7) is 1.36. The van der Waals surface area contributed by atoms with Crippen LogP contribution in [0.15, 0.2) is 48.5 Å². The summed E-state index contributed by atoms with van der Waals surface area (Å²) in [4.78, 5) is 22.9. The van der Waals surface area contributed by atoms with E-state index in [2.05, 4.69) is 10.6 Å². The highest BCUT2D eigenvalue weighted by molar-refractivity contribution is 5.95. The number of carbonyl (C=O) groups excluding carboxylic acids is 2. The van der Waals surface area contributed by atoms with Gasteiger partial charge < -0.3 is 15.7 Å². The molecule has 8 heteroatoms. The molecule has 25 heavy (non-hydrogen) atoms. The fraction of sp³-hybridized carbons (Fsp3) is 0.176. The van der Waals surface area contributed by atoms with Crippen molar-refractivity contribution in [2.24, 2.45) is 0 Å². The lowest BCUT2D eigenvalue weighted by Crippen LogP contribution is -2.21. The number of anilines is 2. The van der Waals surface area contributed by atoms with Crippen LogP contribution in [-0.2, 0) is 15.8 Å². The van der Waals surface area contributed by atoms with E-state index in [9.17, 15) is 27.9 Å². The monoisotopic (exact) mass is 352 g/mol. The molecule has 0 spiro atoms. The molecule has 0 aliphatic carbocycles. The fourth-order valence-electron chi connectivity index (χ4n) is 2.06. The molecule has 0 bridgehead atoms. The predicted octanol–water partition coefficient (Wildman–Crippen LogP) is 3.34. The number of benzene rings is 2. The van der Waals surface area contributed by atoms with Gasteiger partial charge in [0.2, 0.25) is 5.91 Å². The van der Waals surface area contributed by atoms with Crippen LogP contribution in [0.3, 0.4) is 0 Å². The van der Waals surface area contributed by atoms with Crippen molar-refractivity contribution >= 4 is 23.2 Å². The Balaban J connectivity index is 2.03. The maximum atomic E-state index is 12.5. The van der Waals surface area contributed by atoms with Crippen molar-refractivity contribution < 1.29 is 27.9 Å². The molecular formula is C17H15F3N2O3. The zero-order valence-electron chi connectivity index (χ0n) is 13.1. The third-order valence-corrected chi connectivity index (χ3v) is 3.27. The molecule has 2 amide bonds. The van der Waals surface area contributed by atoms with E-state index in [0.29, 0.717) is 11.4 Å². The number of aliphatic hydroxyl groups excluding tert-OH is 1. The van der Waals surface area contributed by atoms with Gasteiger partial charge in [0.25, 0.3) is 5.91 Å². The van der Waals surface area contributed by atoms with Crippen molar-refractivity contribution in [2.75, 3.05) is 10.6 Å². The topological polar surface area (TPSA) is 78.4 Å². The van der Waals surface area contributed by atoms with Gasteiger partial charge in [0, 0.05) is 18.3 Å². The van der Waals surface area contributed by atoms with Crippen LogP contribution in [0.2, 0.25) is 0 Å². The molecular weight excluding hydrogens is 337 g/mol. The van der Waals surface area contributed by atoms with Gasteiger partial charge in [0.15, 0.2) is 6.10 Å². The minimum absolute atomic E-state index is 0.0420. The zero-order valence-corrected chi connectivity index (χ0v) is 13.1. The van der Waals surface area contributed by atoms with Crippen molar-refractivity contribution in [3.8, 4) is 0 Å². The summed E-state index contributed by atoms with van der Waals surface area (Å²) < 4.78 is 37.5. The van der Waals surface area contributed by atoms with Crippen LogP contribution in [-0.4, -0.2) is 16.9 Å². The van der Waals surface area contributed by atoms with Gasteiger partial charge in [0.1, 0.15) is 0 Å². The average Bonchev–Trinajstić information content (AvgIpc) is 2.55. The van der Waals surface area contributed by atoms with Gasteiger partial charge in [-0.15, -0.1) is 0 Å². The second-order valence-corrected chi connectivity index (χ2v) is 5.27. The maximum absolute atomic E-state index is 12.5. The number of hydrogen-bond acceptors (Lipinski definition) is 3. The van der Waals surface area contributed by atoms with Crippen molar-refractivity contribution in [3.63, 3.8) is 0 Å². The van der Waals surface area contributed by atoms with Gasteiger partial charge in [-0.3, -0.25) is 9.59 Å². The number of alkyl halides is 3. The predicted molar refractivity (Wildman–Crippen MR) is 85.8 cm³/mol. The van der Waals surface area contributed by atoms with Crippen LogP contribution >= 0.6 is 0 Å². The molecule has 0 saturated heterocycles. The lowest BCUT2D eigenvalue weighted by atomic mass is 10.1. The van der Waals surface area contributed by atoms with Gasteiger partial charge >= 0.3 is 6.18 Å². The summed E-state index contributed by atoms with van der Waals surface area (Å²) in [5.74, 6) is -1.03. The van der Waals surface area contributed by atoms with E-state index in [4.69, 9.17) is 0 Å². The van der Waals surface area contributed by atoms with E-state index < -0.39 is 23.8 Å². The first-order chi connectivity index (χ1) is 11.7. The van der Waals surface area contributed by atoms with Crippen molar-refractivity contribution in [1.29, 1.82) is 0 Å². The summed E-state index contributed by atoms with van der Waals surface area (Å²) in [5.41, 5.74) is 0.0802. The quantitative estimate of drug-likeness (QED) is 0.790. The molecule has 0 radical (unpaired) electrons. The van der Waals surface area contributed by atoms with Crippen LogP contribution in [0.25, 0.3) is 0 Å². The third kappa shape index (κ3) is 5.05. The molecule has 1 unspecified atom stereocenters. The number of nitrogens with one attached hydrogen (secondary N) is 2. The smallest absolute Gasteiger partial charge is 0.378 e. The number of halogens is 3. The third-order valence-electron chi connectivity index (χ3n) is 3.27. The highest BCUT2D eigenvalue weighted by Gasteiger charge is 2.30. The number of rotatable bonds is 4. The Morgan fingerprint density at radius 1 is 0.920 bits per heavy atom. The van der Waals surface area contributed by atoms with Crippen LogP contribution in [0, 0.1) is 0 Å². The summed E-state index contributed by atoms with van der Waals surface area (Å²) in [6, 6.07) is 9.84.